The van der Waals surface area contributed by atoms with Crippen LogP contribution in [0.3, 0.4) is 0 Å². The molecule has 1 amide bonds. The van der Waals surface area contributed by atoms with Crippen molar-refractivity contribution in [1.29, 1.82) is 0 Å². The number of benzene rings is 1. The van der Waals surface area contributed by atoms with Crippen LogP contribution in [0.2, 0.25) is 0 Å². The molecule has 6 nitrogen and oxygen atoms in total. The first-order valence-corrected chi connectivity index (χ1v) is 10.3. The molecule has 1 aromatic carbocycles. The van der Waals surface area contributed by atoms with E-state index in [1.165, 1.54) is 9.87 Å². The molecule has 0 bridgehead atoms. The lowest BCUT2D eigenvalue weighted by Crippen LogP contribution is -2.55. The van der Waals surface area contributed by atoms with Crippen LogP contribution in [0.5, 0.6) is 0 Å². The highest BCUT2D eigenvalue weighted by molar-refractivity contribution is 7.89. The van der Waals surface area contributed by atoms with Gasteiger partial charge in [-0.05, 0) is 25.8 Å². The largest absolute Gasteiger partial charge is 0.336 e. The van der Waals surface area contributed by atoms with E-state index in [0.717, 1.165) is 12.1 Å². The van der Waals surface area contributed by atoms with Gasteiger partial charge in [-0.3, -0.25) is 9.69 Å². The Labute approximate surface area is 151 Å². The van der Waals surface area contributed by atoms with Crippen LogP contribution in [0.15, 0.2) is 24.3 Å². The molecule has 2 rings (SSSR count). The molecule has 1 saturated heterocycles. The van der Waals surface area contributed by atoms with Crippen LogP contribution >= 0.6 is 0 Å². The van der Waals surface area contributed by atoms with Gasteiger partial charge in [-0.1, -0.05) is 29.8 Å². The Morgan fingerprint density at radius 2 is 1.96 bits per heavy atom. The van der Waals surface area contributed by atoms with Crippen molar-refractivity contribution >= 4 is 15.9 Å². The normalized spacial score (nSPS) is 19.6. The predicted octanol–water partition coefficient (Wildman–Crippen LogP) is 1.31. The molecule has 1 atom stereocenters. The van der Waals surface area contributed by atoms with E-state index in [9.17, 15) is 13.2 Å². The van der Waals surface area contributed by atoms with Crippen LogP contribution in [0.25, 0.3) is 0 Å². The average molecular weight is 368 g/mol. The van der Waals surface area contributed by atoms with Crippen molar-refractivity contribution in [3.05, 3.63) is 35.4 Å². The zero-order valence-corrected chi connectivity index (χ0v) is 16.4. The van der Waals surface area contributed by atoms with Crippen LogP contribution in [-0.4, -0.2) is 74.0 Å². The maximum absolute atomic E-state index is 12.7. The predicted molar refractivity (Wildman–Crippen MR) is 99.7 cm³/mol. The number of sulfonamides is 1. The minimum atomic E-state index is -3.17. The van der Waals surface area contributed by atoms with E-state index in [-0.39, 0.29) is 17.7 Å². The zero-order valence-electron chi connectivity index (χ0n) is 15.6. The first-order chi connectivity index (χ1) is 11.7. The van der Waals surface area contributed by atoms with E-state index in [0.29, 0.717) is 26.1 Å². The molecule has 1 aromatic rings. The molecule has 0 spiro atoms. The maximum atomic E-state index is 12.7. The van der Waals surface area contributed by atoms with Gasteiger partial charge in [-0.25, -0.2) is 12.7 Å². The second-order valence-electron chi connectivity index (χ2n) is 6.91. The van der Waals surface area contributed by atoms with Gasteiger partial charge >= 0.3 is 0 Å². The van der Waals surface area contributed by atoms with Crippen LogP contribution in [0, 0.1) is 6.92 Å². The molecule has 1 fully saturated rings. The molecule has 0 aromatic heterocycles. The van der Waals surface area contributed by atoms with Crippen LogP contribution in [0.1, 0.15) is 24.5 Å². The van der Waals surface area contributed by atoms with Crippen LogP contribution in [-0.2, 0) is 21.4 Å². The van der Waals surface area contributed by atoms with Crippen LogP contribution < -0.4 is 0 Å². The summed E-state index contributed by atoms with van der Waals surface area (Å²) in [6, 6.07) is 8.01. The first-order valence-electron chi connectivity index (χ1n) is 8.69. The third kappa shape index (κ3) is 5.26. The molecular weight excluding hydrogens is 338 g/mol. The summed E-state index contributed by atoms with van der Waals surface area (Å²) in [5, 5.41) is 0. The second-order valence-corrected chi connectivity index (χ2v) is 9.22. The number of nitrogens with zero attached hydrogens (tertiary/aromatic N) is 3. The lowest BCUT2D eigenvalue weighted by molar-refractivity contribution is -0.141. The number of carbonyl (C=O) groups excluding carboxylic acids is 1. The van der Waals surface area contributed by atoms with Crippen molar-refractivity contribution in [2.45, 2.75) is 32.9 Å². The number of hydrogen-bond acceptors (Lipinski definition) is 4. The quantitative estimate of drug-likeness (QED) is 0.729. The molecular formula is C18H29N3O3S. The lowest BCUT2D eigenvalue weighted by atomic mass is 10.1. The summed E-state index contributed by atoms with van der Waals surface area (Å²) in [4.78, 5) is 16.6. The Morgan fingerprint density at radius 3 is 2.60 bits per heavy atom. The Morgan fingerprint density at radius 1 is 1.24 bits per heavy atom. The lowest BCUT2D eigenvalue weighted by Gasteiger charge is -2.39. The molecule has 1 aliphatic heterocycles. The fraction of sp³-hybridized carbons (Fsp3) is 0.611. The minimum Gasteiger partial charge on any atom is -0.336 e. The topological polar surface area (TPSA) is 60.9 Å². The second kappa shape index (κ2) is 8.29. The van der Waals surface area contributed by atoms with Crippen molar-refractivity contribution < 1.29 is 13.2 Å². The molecule has 0 unspecified atom stereocenters. The van der Waals surface area contributed by atoms with Gasteiger partial charge in [-0.2, -0.15) is 0 Å². The summed E-state index contributed by atoms with van der Waals surface area (Å²) in [7, 11) is -0.0799. The van der Waals surface area contributed by atoms with Gasteiger partial charge < -0.3 is 4.90 Å². The highest BCUT2D eigenvalue weighted by atomic mass is 32.2. The molecule has 0 N–H and O–H groups in total. The molecule has 0 aliphatic carbocycles. The Balaban J connectivity index is 1.88. The minimum absolute atomic E-state index is 0.114. The number of carbonyl (C=O) groups is 1. The zero-order chi connectivity index (χ0) is 18.6. The third-order valence-corrected chi connectivity index (χ3v) is 6.65. The molecule has 0 radical (unpaired) electrons. The molecule has 25 heavy (non-hydrogen) atoms. The maximum Gasteiger partial charge on any atom is 0.239 e. The van der Waals surface area contributed by atoms with Gasteiger partial charge in [0.15, 0.2) is 0 Å². The van der Waals surface area contributed by atoms with Gasteiger partial charge in [0.1, 0.15) is 0 Å². The van der Waals surface area contributed by atoms with Gasteiger partial charge in [-0.15, -0.1) is 0 Å². The summed E-state index contributed by atoms with van der Waals surface area (Å²) < 4.78 is 24.9. The summed E-state index contributed by atoms with van der Waals surface area (Å²) in [5.74, 6) is 0.230. The van der Waals surface area contributed by atoms with Gasteiger partial charge in [0.25, 0.3) is 0 Å². The highest BCUT2D eigenvalue weighted by Gasteiger charge is 2.31. The molecule has 1 aliphatic rings. The summed E-state index contributed by atoms with van der Waals surface area (Å²) in [6.45, 7) is 6.67. The Bertz CT molecular complexity index is 703. The van der Waals surface area contributed by atoms with Gasteiger partial charge in [0.2, 0.25) is 15.9 Å². The fourth-order valence-corrected chi connectivity index (χ4v) is 3.96. The number of amides is 1. The van der Waals surface area contributed by atoms with E-state index < -0.39 is 10.0 Å². The Hall–Kier alpha value is -1.44. The van der Waals surface area contributed by atoms with E-state index in [1.807, 2.05) is 36.9 Å². The van der Waals surface area contributed by atoms with Crippen LogP contribution in [0.4, 0.5) is 0 Å². The molecule has 140 valence electrons. The third-order valence-electron chi connectivity index (χ3n) is 4.73. The first kappa shape index (κ1) is 19.9. The van der Waals surface area contributed by atoms with Gasteiger partial charge in [0.05, 0.1) is 11.8 Å². The van der Waals surface area contributed by atoms with Crippen molar-refractivity contribution in [2.75, 3.05) is 39.5 Å². The summed E-state index contributed by atoms with van der Waals surface area (Å²) >= 11 is 0. The van der Waals surface area contributed by atoms with Crippen molar-refractivity contribution in [3.8, 4) is 0 Å². The van der Waals surface area contributed by atoms with Gasteiger partial charge in [0, 0.05) is 40.3 Å². The van der Waals surface area contributed by atoms with Crippen molar-refractivity contribution in [3.63, 3.8) is 0 Å². The number of piperazine rings is 1. The number of aryl methyl sites for hydroxylation is 1. The number of hydrogen-bond donors (Lipinski definition) is 0. The smallest absolute Gasteiger partial charge is 0.239 e. The SMILES string of the molecule is Cc1cccc(CN2CCN(CCCS(=O)(=O)N(C)C)[C@@H](C)C2=O)c1. The highest BCUT2D eigenvalue weighted by Crippen LogP contribution is 2.16. The number of rotatable bonds is 7. The summed E-state index contributed by atoms with van der Waals surface area (Å²) in [6.07, 6.45) is 0.538. The fourth-order valence-electron chi connectivity index (χ4n) is 3.10. The van der Waals surface area contributed by atoms with E-state index in [2.05, 4.69) is 11.0 Å². The standard InChI is InChI=1S/C18H29N3O3S/c1-15-7-5-8-17(13-15)14-21-11-10-20(16(2)18(21)22)9-6-12-25(23,24)19(3)4/h5,7-8,13,16H,6,9-12,14H2,1-4H3/t16-/m0/s1. The van der Waals surface area contributed by atoms with E-state index >= 15 is 0 Å². The summed E-state index contributed by atoms with van der Waals surface area (Å²) in [5.41, 5.74) is 2.34. The molecule has 7 heteroatoms. The van der Waals surface area contributed by atoms with E-state index in [1.54, 1.807) is 14.1 Å². The molecule has 0 saturated carbocycles. The van der Waals surface area contributed by atoms with Crippen molar-refractivity contribution in [2.24, 2.45) is 0 Å². The van der Waals surface area contributed by atoms with E-state index in [4.69, 9.17) is 0 Å². The monoisotopic (exact) mass is 367 g/mol. The Kier molecular flexibility index (Phi) is 6.59. The van der Waals surface area contributed by atoms with Crippen molar-refractivity contribution in [1.82, 2.24) is 14.1 Å². The molecule has 1 heterocycles. The average Bonchev–Trinajstić information content (AvgIpc) is 2.54.